The third-order valence-corrected chi connectivity index (χ3v) is 5.14. The largest absolute Gasteiger partial charge is 0.331 e. The Morgan fingerprint density at radius 1 is 1.23 bits per heavy atom. The molecule has 0 radical (unpaired) electrons. The fraction of sp³-hybridized carbons (Fsp3) is 0.333. The van der Waals surface area contributed by atoms with E-state index in [2.05, 4.69) is 25.8 Å². The minimum absolute atomic E-state index is 0.126. The van der Waals surface area contributed by atoms with Crippen molar-refractivity contribution in [2.75, 3.05) is 6.54 Å². The summed E-state index contributed by atoms with van der Waals surface area (Å²) in [5.74, 6) is 0.503. The Bertz CT molecular complexity index is 1060. The zero-order chi connectivity index (χ0) is 21.7. The molecule has 1 amide bonds. The Kier molecular flexibility index (Phi) is 7.27. The predicted molar refractivity (Wildman–Crippen MR) is 121 cm³/mol. The van der Waals surface area contributed by atoms with Crippen LogP contribution in [-0.4, -0.2) is 26.9 Å². The number of rotatable bonds is 8. The molecule has 1 heterocycles. The number of imidazole rings is 1. The van der Waals surface area contributed by atoms with Gasteiger partial charge in [0.15, 0.2) is 5.82 Å². The molecule has 0 saturated carbocycles. The van der Waals surface area contributed by atoms with Crippen LogP contribution in [0.25, 0.3) is 17.1 Å². The number of halogens is 2. The number of amides is 1. The van der Waals surface area contributed by atoms with Crippen LogP contribution in [0.1, 0.15) is 38.6 Å². The van der Waals surface area contributed by atoms with E-state index in [1.54, 1.807) is 23.1 Å². The number of aromatic nitrogens is 2. The summed E-state index contributed by atoms with van der Waals surface area (Å²) in [6.45, 7) is 7.80. The number of para-hydroxylation sites is 1. The molecule has 2 aromatic carbocycles. The monoisotopic (exact) mass is 427 g/mol. The highest BCUT2D eigenvalue weighted by Gasteiger charge is 2.19. The number of hydrogen-bond acceptors (Lipinski definition) is 2. The second-order valence-electron chi connectivity index (χ2n) is 7.75. The summed E-state index contributed by atoms with van der Waals surface area (Å²) in [4.78, 5) is 19.3. The molecule has 0 unspecified atom stereocenters. The van der Waals surface area contributed by atoms with Crippen LogP contribution in [0.5, 0.6) is 0 Å². The Balaban J connectivity index is 1.91. The molecule has 0 spiro atoms. The molecule has 0 atom stereocenters. The van der Waals surface area contributed by atoms with Crippen LogP contribution >= 0.6 is 11.6 Å². The third kappa shape index (κ3) is 5.08. The van der Waals surface area contributed by atoms with Gasteiger partial charge in [-0.1, -0.05) is 56.6 Å². The molecule has 158 valence electrons. The average Bonchev–Trinajstić information content (AvgIpc) is 3.05. The van der Waals surface area contributed by atoms with E-state index in [-0.39, 0.29) is 17.6 Å². The lowest BCUT2D eigenvalue weighted by atomic mass is 10.2. The molecule has 30 heavy (non-hydrogen) atoms. The second kappa shape index (κ2) is 9.90. The van der Waals surface area contributed by atoms with Crippen molar-refractivity contribution in [2.24, 2.45) is 5.92 Å². The van der Waals surface area contributed by atoms with Gasteiger partial charge in [-0.05, 0) is 42.2 Å². The number of fused-ring (bicyclic) bond motifs is 1. The summed E-state index contributed by atoms with van der Waals surface area (Å²) in [5, 5.41) is 0.595. The smallest absolute Gasteiger partial charge is 0.246 e. The van der Waals surface area contributed by atoms with Gasteiger partial charge in [0.05, 0.1) is 12.1 Å². The molecular formula is C24H27ClFN3O. The lowest BCUT2D eigenvalue weighted by molar-refractivity contribution is -0.127. The van der Waals surface area contributed by atoms with Crippen molar-refractivity contribution < 1.29 is 9.18 Å². The fourth-order valence-electron chi connectivity index (χ4n) is 3.48. The van der Waals surface area contributed by atoms with Crippen LogP contribution in [0.3, 0.4) is 0 Å². The average molecular weight is 428 g/mol. The van der Waals surface area contributed by atoms with Gasteiger partial charge in [-0.15, -0.1) is 0 Å². The zero-order valence-corrected chi connectivity index (χ0v) is 18.4. The fourth-order valence-corrected chi connectivity index (χ4v) is 3.67. The van der Waals surface area contributed by atoms with Crippen LogP contribution in [0.2, 0.25) is 5.02 Å². The van der Waals surface area contributed by atoms with Gasteiger partial charge in [0.25, 0.3) is 0 Å². The Labute approximate surface area is 182 Å². The highest BCUT2D eigenvalue weighted by molar-refractivity contribution is 6.32. The maximum Gasteiger partial charge on any atom is 0.246 e. The van der Waals surface area contributed by atoms with Crippen molar-refractivity contribution in [3.63, 3.8) is 0 Å². The second-order valence-corrected chi connectivity index (χ2v) is 8.16. The van der Waals surface area contributed by atoms with Gasteiger partial charge in [0.1, 0.15) is 11.3 Å². The Hall–Kier alpha value is -2.66. The van der Waals surface area contributed by atoms with Gasteiger partial charge < -0.3 is 9.47 Å². The molecule has 4 nitrogen and oxygen atoms in total. The topological polar surface area (TPSA) is 38.1 Å². The number of benzene rings is 2. The first kappa shape index (κ1) is 22.0. The van der Waals surface area contributed by atoms with E-state index in [1.165, 1.54) is 12.1 Å². The molecule has 0 bridgehead atoms. The summed E-state index contributed by atoms with van der Waals surface area (Å²) in [5.41, 5.74) is 1.90. The molecule has 0 saturated heterocycles. The van der Waals surface area contributed by atoms with Crippen LogP contribution in [0, 0.1) is 11.7 Å². The molecule has 0 aliphatic rings. The van der Waals surface area contributed by atoms with Crippen molar-refractivity contribution in [3.05, 3.63) is 70.8 Å². The lowest BCUT2D eigenvalue weighted by Gasteiger charge is -2.23. The predicted octanol–water partition coefficient (Wildman–Crippen LogP) is 5.94. The van der Waals surface area contributed by atoms with Gasteiger partial charge in [-0.2, -0.15) is 0 Å². The Morgan fingerprint density at radius 3 is 2.70 bits per heavy atom. The van der Waals surface area contributed by atoms with Crippen molar-refractivity contribution in [2.45, 2.75) is 40.3 Å². The van der Waals surface area contributed by atoms with Crippen molar-refractivity contribution >= 4 is 34.6 Å². The molecule has 6 heteroatoms. The molecule has 0 N–H and O–H groups in total. The zero-order valence-electron chi connectivity index (χ0n) is 17.6. The number of carbonyl (C=O) groups is 1. The normalized spacial score (nSPS) is 11.7. The molecule has 1 aromatic heterocycles. The number of carbonyl (C=O) groups excluding carboxylic acids is 1. The van der Waals surface area contributed by atoms with E-state index in [9.17, 15) is 9.18 Å². The van der Waals surface area contributed by atoms with E-state index in [4.69, 9.17) is 11.6 Å². The van der Waals surface area contributed by atoms with Crippen LogP contribution in [-0.2, 0) is 17.9 Å². The van der Waals surface area contributed by atoms with Crippen molar-refractivity contribution in [1.29, 1.82) is 0 Å². The first-order valence-electron chi connectivity index (χ1n) is 10.3. The first-order valence-corrected chi connectivity index (χ1v) is 10.6. The molecule has 0 fully saturated rings. The van der Waals surface area contributed by atoms with Crippen LogP contribution in [0.15, 0.2) is 48.5 Å². The minimum atomic E-state index is -0.344. The number of hydrogen-bond donors (Lipinski definition) is 0. The summed E-state index contributed by atoms with van der Waals surface area (Å²) >= 11 is 6.19. The van der Waals surface area contributed by atoms with Crippen LogP contribution < -0.4 is 0 Å². The highest BCUT2D eigenvalue weighted by Crippen LogP contribution is 2.22. The number of aryl methyl sites for hydroxylation is 1. The van der Waals surface area contributed by atoms with E-state index >= 15 is 0 Å². The maximum absolute atomic E-state index is 14.3. The van der Waals surface area contributed by atoms with Gasteiger partial charge in [0.2, 0.25) is 5.91 Å². The molecule has 3 rings (SSSR count). The SMILES string of the molecule is CCCn1c(CN(CC(C)C)C(=O)/C=C/c2ccccc2Cl)nc2c(F)cccc21. The summed E-state index contributed by atoms with van der Waals surface area (Å²) in [6, 6.07) is 12.4. The number of nitrogens with zero attached hydrogens (tertiary/aromatic N) is 3. The van der Waals surface area contributed by atoms with Crippen molar-refractivity contribution in [3.8, 4) is 0 Å². The lowest BCUT2D eigenvalue weighted by Crippen LogP contribution is -2.33. The summed E-state index contributed by atoms with van der Waals surface area (Å²) in [6.07, 6.45) is 4.16. The van der Waals surface area contributed by atoms with Gasteiger partial charge in [-0.25, -0.2) is 9.37 Å². The van der Waals surface area contributed by atoms with Gasteiger partial charge >= 0.3 is 0 Å². The van der Waals surface area contributed by atoms with E-state index in [1.807, 2.05) is 28.8 Å². The molecule has 0 aliphatic carbocycles. The highest BCUT2D eigenvalue weighted by atomic mass is 35.5. The third-order valence-electron chi connectivity index (χ3n) is 4.80. The Morgan fingerprint density at radius 2 is 2.00 bits per heavy atom. The first-order chi connectivity index (χ1) is 14.4. The standard InChI is InChI=1S/C24H27ClFN3O/c1-4-14-29-21-11-7-10-20(26)24(21)27-22(29)16-28(15-17(2)3)23(30)13-12-18-8-5-6-9-19(18)25/h5-13,17H,4,14-16H2,1-3H3/b13-12+. The summed E-state index contributed by atoms with van der Waals surface area (Å²) in [7, 11) is 0. The van der Waals surface area contributed by atoms with E-state index < -0.39 is 0 Å². The van der Waals surface area contributed by atoms with Gasteiger partial charge in [0, 0.05) is 24.2 Å². The quantitative estimate of drug-likeness (QED) is 0.417. The van der Waals surface area contributed by atoms with Crippen LogP contribution in [0.4, 0.5) is 4.39 Å². The molecule has 0 aliphatic heterocycles. The van der Waals surface area contributed by atoms with Gasteiger partial charge in [-0.3, -0.25) is 4.79 Å². The van der Waals surface area contributed by atoms with E-state index in [0.29, 0.717) is 36.0 Å². The van der Waals surface area contributed by atoms with E-state index in [0.717, 1.165) is 17.5 Å². The minimum Gasteiger partial charge on any atom is -0.331 e. The summed E-state index contributed by atoms with van der Waals surface area (Å²) < 4.78 is 16.3. The maximum atomic E-state index is 14.3. The van der Waals surface area contributed by atoms with Crippen molar-refractivity contribution in [1.82, 2.24) is 14.5 Å². The molecule has 3 aromatic rings. The molecular weight excluding hydrogens is 401 g/mol.